The number of carbonyl (C=O) groups excluding carboxylic acids is 1. The Hall–Kier alpha value is -3.36. The molecule has 9 heteroatoms. The summed E-state index contributed by atoms with van der Waals surface area (Å²) in [6.45, 7) is 0.799. The number of guanidine groups is 1. The third-order valence-electron chi connectivity index (χ3n) is 3.51. The van der Waals surface area contributed by atoms with Crippen LogP contribution < -0.4 is 25.8 Å². The molecule has 0 unspecified atom stereocenters. The Labute approximate surface area is 161 Å². The summed E-state index contributed by atoms with van der Waals surface area (Å²) in [5, 5.41) is 6.13. The highest BCUT2D eigenvalue weighted by Crippen LogP contribution is 2.17. The first-order valence-corrected chi connectivity index (χ1v) is 8.50. The van der Waals surface area contributed by atoms with Gasteiger partial charge in [0.25, 0.3) is 5.91 Å². The summed E-state index contributed by atoms with van der Waals surface area (Å²) in [5.41, 5.74) is 5.97. The fourth-order valence-electron chi connectivity index (χ4n) is 2.23. The van der Waals surface area contributed by atoms with Crippen LogP contribution in [0.25, 0.3) is 0 Å². The lowest BCUT2D eigenvalue weighted by molar-refractivity contribution is -0.119. The van der Waals surface area contributed by atoms with E-state index in [1.54, 1.807) is 25.2 Å². The highest BCUT2D eigenvalue weighted by molar-refractivity contribution is 5.79. The zero-order valence-electron chi connectivity index (χ0n) is 15.4. The zero-order chi connectivity index (χ0) is 20.4. The van der Waals surface area contributed by atoms with Gasteiger partial charge in [0.2, 0.25) is 0 Å². The largest absolute Gasteiger partial charge is 0.489 e. The summed E-state index contributed by atoms with van der Waals surface area (Å²) in [6, 6.07) is 10.3. The van der Waals surface area contributed by atoms with Gasteiger partial charge in [-0.05, 0) is 29.8 Å². The van der Waals surface area contributed by atoms with Crippen LogP contribution >= 0.6 is 0 Å². The number of ether oxygens (including phenoxy) is 2. The molecule has 2 aromatic carbocycles. The molecular weight excluding hydrogens is 370 g/mol. The molecule has 0 aliphatic rings. The number of hydrogen-bond donors (Lipinski definition) is 3. The molecule has 0 fully saturated rings. The van der Waals surface area contributed by atoms with Gasteiger partial charge in [0.1, 0.15) is 18.2 Å². The number of nitrogens with one attached hydrogen (secondary N) is 2. The van der Waals surface area contributed by atoms with E-state index in [-0.39, 0.29) is 19.0 Å². The van der Waals surface area contributed by atoms with Gasteiger partial charge in [0, 0.05) is 19.7 Å². The molecule has 0 atom stereocenters. The highest BCUT2D eigenvalue weighted by Gasteiger charge is 2.05. The van der Waals surface area contributed by atoms with Crippen molar-refractivity contribution in [2.75, 3.05) is 26.8 Å². The van der Waals surface area contributed by atoms with E-state index in [9.17, 15) is 13.6 Å². The van der Waals surface area contributed by atoms with Gasteiger partial charge in [-0.3, -0.25) is 9.79 Å². The lowest BCUT2D eigenvalue weighted by Gasteiger charge is -2.13. The fraction of sp³-hybridized carbons (Fsp3) is 0.263. The summed E-state index contributed by atoms with van der Waals surface area (Å²) in [7, 11) is 1.61. The van der Waals surface area contributed by atoms with E-state index in [0.717, 1.165) is 17.7 Å². The number of rotatable bonds is 9. The lowest BCUT2D eigenvalue weighted by atomic mass is 10.2. The number of amides is 1. The summed E-state index contributed by atoms with van der Waals surface area (Å²) >= 11 is 0. The van der Waals surface area contributed by atoms with Crippen LogP contribution in [0.15, 0.2) is 47.5 Å². The minimum absolute atomic E-state index is 0.0149. The molecule has 0 radical (unpaired) electrons. The monoisotopic (exact) mass is 392 g/mol. The van der Waals surface area contributed by atoms with Crippen molar-refractivity contribution in [3.05, 3.63) is 59.7 Å². The molecule has 0 aliphatic heterocycles. The molecule has 1 amide bonds. The third-order valence-corrected chi connectivity index (χ3v) is 3.51. The van der Waals surface area contributed by atoms with Crippen LogP contribution in [0.1, 0.15) is 5.56 Å². The van der Waals surface area contributed by atoms with E-state index in [0.29, 0.717) is 24.8 Å². The smallest absolute Gasteiger partial charge is 0.255 e. The first-order chi connectivity index (χ1) is 13.5. The van der Waals surface area contributed by atoms with E-state index < -0.39 is 17.5 Å². The highest BCUT2D eigenvalue weighted by atomic mass is 19.1. The maximum atomic E-state index is 13.5. The lowest BCUT2D eigenvalue weighted by Crippen LogP contribution is -2.38. The van der Waals surface area contributed by atoms with Crippen molar-refractivity contribution in [2.45, 2.75) is 6.54 Å². The van der Waals surface area contributed by atoms with Crippen LogP contribution in [0.4, 0.5) is 8.78 Å². The van der Waals surface area contributed by atoms with Crippen LogP contribution in [0.5, 0.6) is 11.5 Å². The summed E-state index contributed by atoms with van der Waals surface area (Å²) in [5.74, 6) is -0.908. The van der Waals surface area contributed by atoms with E-state index in [2.05, 4.69) is 15.6 Å². The number of carbonyl (C=O) groups is 1. The quantitative estimate of drug-likeness (QED) is 0.342. The molecule has 2 aromatic rings. The normalized spacial score (nSPS) is 11.0. The van der Waals surface area contributed by atoms with Crippen molar-refractivity contribution in [1.29, 1.82) is 0 Å². The van der Waals surface area contributed by atoms with Gasteiger partial charge in [-0.15, -0.1) is 0 Å². The van der Waals surface area contributed by atoms with Crippen LogP contribution in [0.2, 0.25) is 0 Å². The SMILES string of the molecule is CN=C(NCCOc1ccc(F)cc1F)NCc1cccc(OCC(N)=O)c1. The van der Waals surface area contributed by atoms with Crippen molar-refractivity contribution < 1.29 is 23.0 Å². The fourth-order valence-corrected chi connectivity index (χ4v) is 2.23. The predicted octanol–water partition coefficient (Wildman–Crippen LogP) is 1.57. The predicted molar refractivity (Wildman–Crippen MR) is 101 cm³/mol. The molecule has 28 heavy (non-hydrogen) atoms. The maximum Gasteiger partial charge on any atom is 0.255 e. The Kier molecular flexibility index (Phi) is 8.01. The van der Waals surface area contributed by atoms with Gasteiger partial charge in [0.15, 0.2) is 24.1 Å². The number of benzene rings is 2. The first kappa shape index (κ1) is 20.9. The summed E-state index contributed by atoms with van der Waals surface area (Å²) in [6.07, 6.45) is 0. The molecule has 7 nitrogen and oxygen atoms in total. The molecule has 4 N–H and O–H groups in total. The van der Waals surface area contributed by atoms with E-state index >= 15 is 0 Å². The third kappa shape index (κ3) is 7.10. The maximum absolute atomic E-state index is 13.5. The topological polar surface area (TPSA) is 98.0 Å². The number of hydrogen-bond acceptors (Lipinski definition) is 4. The average molecular weight is 392 g/mol. The van der Waals surface area contributed by atoms with E-state index in [1.165, 1.54) is 6.07 Å². The van der Waals surface area contributed by atoms with Gasteiger partial charge in [-0.2, -0.15) is 0 Å². The van der Waals surface area contributed by atoms with E-state index in [4.69, 9.17) is 15.2 Å². The Morgan fingerprint density at radius 2 is 1.96 bits per heavy atom. The number of halogens is 2. The molecule has 0 saturated carbocycles. The van der Waals surface area contributed by atoms with Gasteiger partial charge < -0.3 is 25.8 Å². The van der Waals surface area contributed by atoms with Gasteiger partial charge >= 0.3 is 0 Å². The van der Waals surface area contributed by atoms with Gasteiger partial charge in [-0.1, -0.05) is 12.1 Å². The second-order valence-electron chi connectivity index (χ2n) is 5.68. The van der Waals surface area contributed by atoms with Crippen molar-refractivity contribution in [3.63, 3.8) is 0 Å². The minimum Gasteiger partial charge on any atom is -0.489 e. The summed E-state index contributed by atoms with van der Waals surface area (Å²) in [4.78, 5) is 14.9. The van der Waals surface area contributed by atoms with Gasteiger partial charge in [-0.25, -0.2) is 8.78 Å². The molecule has 0 aromatic heterocycles. The Morgan fingerprint density at radius 1 is 1.14 bits per heavy atom. The summed E-state index contributed by atoms with van der Waals surface area (Å²) < 4.78 is 36.9. The Balaban J connectivity index is 1.75. The molecule has 0 saturated heterocycles. The second kappa shape index (κ2) is 10.7. The molecule has 2 rings (SSSR count). The molecule has 0 heterocycles. The number of primary amides is 1. The second-order valence-corrected chi connectivity index (χ2v) is 5.68. The van der Waals surface area contributed by atoms with Crippen LogP contribution in [0, 0.1) is 11.6 Å². The van der Waals surface area contributed by atoms with Crippen molar-refractivity contribution in [3.8, 4) is 11.5 Å². The van der Waals surface area contributed by atoms with Gasteiger partial charge in [0.05, 0.1) is 6.54 Å². The number of aliphatic imine (C=N–C) groups is 1. The zero-order valence-corrected chi connectivity index (χ0v) is 15.4. The standard InChI is InChI=1S/C19H22F2N4O3/c1-23-19(24-7-8-27-17-6-5-14(20)10-16(17)21)25-11-13-3-2-4-15(9-13)28-12-18(22)26/h2-6,9-10H,7-8,11-12H2,1H3,(H2,22,26)(H2,23,24,25). The first-order valence-electron chi connectivity index (χ1n) is 8.50. The minimum atomic E-state index is -0.749. The average Bonchev–Trinajstić information content (AvgIpc) is 2.67. The van der Waals surface area contributed by atoms with Crippen LogP contribution in [-0.2, 0) is 11.3 Å². The van der Waals surface area contributed by atoms with Crippen LogP contribution in [-0.4, -0.2) is 38.7 Å². The van der Waals surface area contributed by atoms with Crippen molar-refractivity contribution in [1.82, 2.24) is 10.6 Å². The van der Waals surface area contributed by atoms with Crippen LogP contribution in [0.3, 0.4) is 0 Å². The number of nitrogens with two attached hydrogens (primary N) is 1. The molecular formula is C19H22F2N4O3. The van der Waals surface area contributed by atoms with Crippen molar-refractivity contribution >= 4 is 11.9 Å². The molecule has 0 bridgehead atoms. The Morgan fingerprint density at radius 3 is 2.68 bits per heavy atom. The number of nitrogens with zero attached hydrogens (tertiary/aromatic N) is 1. The molecule has 0 spiro atoms. The Bertz CT molecular complexity index is 831. The molecule has 150 valence electrons. The van der Waals surface area contributed by atoms with Crippen molar-refractivity contribution in [2.24, 2.45) is 10.7 Å². The van der Waals surface area contributed by atoms with E-state index in [1.807, 2.05) is 6.07 Å². The molecule has 0 aliphatic carbocycles.